The molecule has 4 aromatic rings. The average Bonchev–Trinajstić information content (AvgIpc) is 3.42. The molecule has 1 heterocycles. The molecule has 4 aromatic carbocycles. The van der Waals surface area contributed by atoms with Crippen LogP contribution in [0.1, 0.15) is 48.0 Å². The summed E-state index contributed by atoms with van der Waals surface area (Å²) in [6.45, 7) is 14.0. The zero-order valence-corrected chi connectivity index (χ0v) is 28.9. The largest absolute Gasteiger partial charge is 0.405 e. The Kier molecular flexibility index (Phi) is 9.59. The van der Waals surface area contributed by atoms with Crippen molar-refractivity contribution in [2.24, 2.45) is 0 Å². The third kappa shape index (κ3) is 6.06. The van der Waals surface area contributed by atoms with Crippen LogP contribution in [0, 0.1) is 0 Å². The lowest BCUT2D eigenvalue weighted by Gasteiger charge is -2.46. The van der Waals surface area contributed by atoms with E-state index in [9.17, 15) is 4.79 Å². The first-order chi connectivity index (χ1) is 21.0. The highest BCUT2D eigenvalue weighted by Gasteiger charge is 2.55. The van der Waals surface area contributed by atoms with Crippen LogP contribution < -0.4 is 20.7 Å². The Morgan fingerprint density at radius 3 is 1.34 bits per heavy atom. The molecule has 5 rings (SSSR count). The highest BCUT2D eigenvalue weighted by Crippen LogP contribution is 2.41. The standard InChI is InChI=1S/C38H46O4Si2/c1-37(2,3)43(31-19-11-7-12-20-31,32-21-13-8-14-22-32)40-29-36-35(27-30(28-39)41-36)42-44(38(4,5)6,33-23-15-9-16-24-33)34-25-17-10-18-26-34/h7-26,28,30,35-36H,27,29H2,1-6H3/t30-,35+,36-/m1/s1. The van der Waals surface area contributed by atoms with Crippen molar-refractivity contribution in [3.63, 3.8) is 0 Å². The maximum absolute atomic E-state index is 12.2. The number of hydrogen-bond donors (Lipinski definition) is 0. The molecule has 4 nitrogen and oxygen atoms in total. The van der Waals surface area contributed by atoms with Crippen LogP contribution in [0.4, 0.5) is 0 Å². The molecule has 1 fully saturated rings. The van der Waals surface area contributed by atoms with E-state index in [1.807, 2.05) is 0 Å². The van der Waals surface area contributed by atoms with Gasteiger partial charge in [-0.15, -0.1) is 0 Å². The molecule has 1 aliphatic heterocycles. The molecule has 6 heteroatoms. The van der Waals surface area contributed by atoms with Gasteiger partial charge in [0.25, 0.3) is 16.6 Å². The summed E-state index contributed by atoms with van der Waals surface area (Å²) in [7, 11) is -5.69. The zero-order valence-electron chi connectivity index (χ0n) is 26.9. The Labute approximate surface area is 265 Å². The molecule has 3 atom stereocenters. The van der Waals surface area contributed by atoms with Crippen molar-refractivity contribution in [3.05, 3.63) is 121 Å². The summed E-state index contributed by atoms with van der Waals surface area (Å²) in [4.78, 5) is 12.2. The van der Waals surface area contributed by atoms with Crippen molar-refractivity contribution in [2.75, 3.05) is 6.61 Å². The van der Waals surface area contributed by atoms with Crippen LogP contribution in [0.15, 0.2) is 121 Å². The summed E-state index contributed by atoms with van der Waals surface area (Å²) in [5, 5.41) is 4.48. The number of carbonyl (C=O) groups is 1. The van der Waals surface area contributed by atoms with Crippen molar-refractivity contribution in [3.8, 4) is 0 Å². The first-order valence-electron chi connectivity index (χ1n) is 15.7. The van der Waals surface area contributed by atoms with Crippen molar-refractivity contribution in [1.82, 2.24) is 0 Å². The van der Waals surface area contributed by atoms with E-state index in [1.165, 1.54) is 20.7 Å². The van der Waals surface area contributed by atoms with Crippen LogP contribution in [0.2, 0.25) is 10.1 Å². The molecule has 1 saturated heterocycles. The summed E-state index contributed by atoms with van der Waals surface area (Å²) in [6.07, 6.45) is 0.182. The molecule has 0 aromatic heterocycles. The van der Waals surface area contributed by atoms with E-state index in [0.29, 0.717) is 13.0 Å². The number of ether oxygens (including phenoxy) is 1. The van der Waals surface area contributed by atoms with Gasteiger partial charge in [-0.3, -0.25) is 0 Å². The lowest BCUT2D eigenvalue weighted by molar-refractivity contribution is -0.118. The molecule has 230 valence electrons. The molecule has 0 aliphatic carbocycles. The van der Waals surface area contributed by atoms with E-state index in [0.717, 1.165) is 6.29 Å². The maximum Gasteiger partial charge on any atom is 0.261 e. The van der Waals surface area contributed by atoms with Crippen molar-refractivity contribution in [2.45, 2.75) is 76.4 Å². The summed E-state index contributed by atoms with van der Waals surface area (Å²) in [6, 6.07) is 42.6. The highest BCUT2D eigenvalue weighted by atomic mass is 28.4. The van der Waals surface area contributed by atoms with Gasteiger partial charge in [0.2, 0.25) is 0 Å². The first-order valence-corrected chi connectivity index (χ1v) is 19.5. The van der Waals surface area contributed by atoms with Gasteiger partial charge in [-0.05, 0) is 30.8 Å². The number of hydrogen-bond acceptors (Lipinski definition) is 4. The van der Waals surface area contributed by atoms with Gasteiger partial charge in [-0.1, -0.05) is 163 Å². The molecule has 1 aliphatic rings. The lowest BCUT2D eigenvalue weighted by atomic mass is 10.1. The predicted molar refractivity (Wildman–Crippen MR) is 185 cm³/mol. The molecule has 0 N–H and O–H groups in total. The SMILES string of the molecule is CC(C)(C)[Si](OC[C@H]1O[C@@H](C=O)C[C@@H]1O[Si](c1ccccc1)(c1ccccc1)C(C)(C)C)(c1ccccc1)c1ccccc1. The van der Waals surface area contributed by atoms with Crippen molar-refractivity contribution in [1.29, 1.82) is 0 Å². The van der Waals surface area contributed by atoms with Crippen molar-refractivity contribution < 1.29 is 18.4 Å². The predicted octanol–water partition coefficient (Wildman–Crippen LogP) is 5.86. The van der Waals surface area contributed by atoms with E-state index in [-0.39, 0.29) is 16.2 Å². The smallest absolute Gasteiger partial charge is 0.261 e. The molecule has 44 heavy (non-hydrogen) atoms. The Hall–Kier alpha value is -3.14. The van der Waals surface area contributed by atoms with Crippen LogP contribution in [-0.4, -0.2) is 47.8 Å². The number of aldehydes is 1. The summed E-state index contributed by atoms with van der Waals surface area (Å²) in [5.41, 5.74) is 0. The molecular formula is C38H46O4Si2. The summed E-state index contributed by atoms with van der Waals surface area (Å²) >= 11 is 0. The summed E-state index contributed by atoms with van der Waals surface area (Å²) < 4.78 is 21.3. The van der Waals surface area contributed by atoms with E-state index >= 15 is 0 Å². The third-order valence-corrected chi connectivity index (χ3v) is 19.1. The molecule has 0 bridgehead atoms. The van der Waals surface area contributed by atoms with Crippen LogP contribution in [0.3, 0.4) is 0 Å². The molecule has 0 amide bonds. The highest BCUT2D eigenvalue weighted by molar-refractivity contribution is 7.00. The molecule has 0 spiro atoms. The van der Waals surface area contributed by atoms with E-state index in [1.54, 1.807) is 0 Å². The second-order valence-electron chi connectivity index (χ2n) is 13.9. The first kappa shape index (κ1) is 32.3. The zero-order chi connectivity index (χ0) is 31.4. The van der Waals surface area contributed by atoms with Gasteiger partial charge in [0, 0.05) is 6.42 Å². The maximum atomic E-state index is 12.2. The van der Waals surface area contributed by atoms with Gasteiger partial charge in [0.15, 0.2) is 0 Å². The second-order valence-corrected chi connectivity index (χ2v) is 22.4. The number of rotatable bonds is 10. The average molecular weight is 623 g/mol. The molecule has 0 radical (unpaired) electrons. The monoisotopic (exact) mass is 622 g/mol. The van der Waals surface area contributed by atoms with E-state index in [4.69, 9.17) is 13.6 Å². The molecule has 0 unspecified atom stereocenters. The Bertz CT molecular complexity index is 1400. The van der Waals surface area contributed by atoms with E-state index in [2.05, 4.69) is 163 Å². The molecular weight excluding hydrogens is 577 g/mol. The third-order valence-electron chi connectivity index (χ3n) is 9.01. The minimum absolute atomic E-state index is 0.174. The van der Waals surface area contributed by atoms with Gasteiger partial charge < -0.3 is 18.4 Å². The van der Waals surface area contributed by atoms with Gasteiger partial charge in [0.05, 0.1) is 12.7 Å². The minimum atomic E-state index is -2.88. The fourth-order valence-corrected chi connectivity index (χ4v) is 16.3. The summed E-state index contributed by atoms with van der Waals surface area (Å²) in [5.74, 6) is 0. The van der Waals surface area contributed by atoms with Crippen LogP contribution in [0.5, 0.6) is 0 Å². The van der Waals surface area contributed by atoms with Crippen LogP contribution >= 0.6 is 0 Å². The van der Waals surface area contributed by atoms with Gasteiger partial charge in [0.1, 0.15) is 18.5 Å². The Balaban J connectivity index is 1.58. The number of benzene rings is 4. The van der Waals surface area contributed by atoms with Gasteiger partial charge in [-0.25, -0.2) is 0 Å². The van der Waals surface area contributed by atoms with Gasteiger partial charge >= 0.3 is 0 Å². The number of carbonyl (C=O) groups excluding carboxylic acids is 1. The fourth-order valence-electron chi connectivity index (χ4n) is 6.99. The topological polar surface area (TPSA) is 44.8 Å². The lowest BCUT2D eigenvalue weighted by Crippen LogP contribution is -2.69. The van der Waals surface area contributed by atoms with Crippen molar-refractivity contribution >= 4 is 43.7 Å². The van der Waals surface area contributed by atoms with Crippen LogP contribution in [0.25, 0.3) is 0 Å². The minimum Gasteiger partial charge on any atom is -0.405 e. The second kappa shape index (κ2) is 13.1. The van der Waals surface area contributed by atoms with Gasteiger partial charge in [-0.2, -0.15) is 0 Å². The van der Waals surface area contributed by atoms with E-state index < -0.39 is 28.8 Å². The quantitative estimate of drug-likeness (QED) is 0.164. The normalized spacial score (nSPS) is 19.5. The van der Waals surface area contributed by atoms with Crippen LogP contribution in [-0.2, 0) is 18.4 Å². The Morgan fingerprint density at radius 1 is 0.636 bits per heavy atom. The fraction of sp³-hybridized carbons (Fsp3) is 0.342. The Morgan fingerprint density at radius 2 is 1.00 bits per heavy atom. The molecule has 0 saturated carbocycles.